The van der Waals surface area contributed by atoms with Gasteiger partial charge < -0.3 is 5.73 Å². The van der Waals surface area contributed by atoms with Crippen LogP contribution in [0.4, 0.5) is 0 Å². The maximum absolute atomic E-state index is 11.9. The van der Waals surface area contributed by atoms with Crippen LogP contribution in [0.15, 0.2) is 0 Å². The van der Waals surface area contributed by atoms with E-state index in [2.05, 4.69) is 18.6 Å². The van der Waals surface area contributed by atoms with Crippen molar-refractivity contribution < 1.29 is 8.42 Å². The summed E-state index contributed by atoms with van der Waals surface area (Å²) in [6, 6.07) is 0.0928. The third kappa shape index (κ3) is 3.43. The van der Waals surface area contributed by atoms with Crippen molar-refractivity contribution >= 4 is 10.0 Å². The van der Waals surface area contributed by atoms with Gasteiger partial charge in [0.15, 0.2) is 0 Å². The highest BCUT2D eigenvalue weighted by molar-refractivity contribution is 7.90. The van der Waals surface area contributed by atoms with E-state index >= 15 is 0 Å². The maximum atomic E-state index is 11.9. The highest BCUT2D eigenvalue weighted by Crippen LogP contribution is 2.29. The summed E-state index contributed by atoms with van der Waals surface area (Å²) >= 11 is 0. The van der Waals surface area contributed by atoms with Gasteiger partial charge in [0.2, 0.25) is 10.0 Å². The van der Waals surface area contributed by atoms with Crippen molar-refractivity contribution in [1.29, 1.82) is 0 Å². The molecule has 0 spiro atoms. The molecule has 4 unspecified atom stereocenters. The quantitative estimate of drug-likeness (QED) is 0.782. The molecule has 0 radical (unpaired) electrons. The standard InChI is InChI=1S/C11H24N2O2S/c1-8-4-5-11(9(2)6-8)13-16(14,15)10(3)7-12/h8-11,13H,4-7,12H2,1-3H3. The van der Waals surface area contributed by atoms with E-state index in [1.54, 1.807) is 6.92 Å². The van der Waals surface area contributed by atoms with Crippen LogP contribution in [0.3, 0.4) is 0 Å². The van der Waals surface area contributed by atoms with Gasteiger partial charge in [0.25, 0.3) is 0 Å². The Labute approximate surface area is 99.0 Å². The van der Waals surface area contributed by atoms with Crippen LogP contribution >= 0.6 is 0 Å². The lowest BCUT2D eigenvalue weighted by molar-refractivity contribution is 0.249. The molecule has 1 rings (SSSR count). The molecule has 1 fully saturated rings. The summed E-state index contributed by atoms with van der Waals surface area (Å²) in [6.07, 6.45) is 3.15. The molecule has 0 aliphatic heterocycles. The molecule has 0 amide bonds. The van der Waals surface area contributed by atoms with Crippen LogP contribution in [0.5, 0.6) is 0 Å². The maximum Gasteiger partial charge on any atom is 0.215 e. The summed E-state index contributed by atoms with van der Waals surface area (Å²) in [5.74, 6) is 1.13. The zero-order chi connectivity index (χ0) is 12.3. The van der Waals surface area contributed by atoms with E-state index in [0.717, 1.165) is 19.3 Å². The van der Waals surface area contributed by atoms with Gasteiger partial charge in [-0.15, -0.1) is 0 Å². The minimum Gasteiger partial charge on any atom is -0.329 e. The van der Waals surface area contributed by atoms with Gasteiger partial charge in [0.1, 0.15) is 0 Å². The summed E-state index contributed by atoms with van der Waals surface area (Å²) < 4.78 is 26.5. The zero-order valence-corrected chi connectivity index (χ0v) is 11.3. The van der Waals surface area contributed by atoms with Crippen molar-refractivity contribution in [2.45, 2.75) is 51.3 Å². The first-order valence-electron chi connectivity index (χ1n) is 6.08. The molecule has 1 aliphatic rings. The van der Waals surface area contributed by atoms with Crippen molar-refractivity contribution in [2.75, 3.05) is 6.54 Å². The normalized spacial score (nSPS) is 33.6. The Kier molecular flexibility index (Phi) is 4.76. The van der Waals surface area contributed by atoms with Gasteiger partial charge in [0, 0.05) is 12.6 Å². The largest absolute Gasteiger partial charge is 0.329 e. The van der Waals surface area contributed by atoms with Gasteiger partial charge in [-0.3, -0.25) is 0 Å². The fraction of sp³-hybridized carbons (Fsp3) is 1.00. The second-order valence-electron chi connectivity index (χ2n) is 5.21. The topological polar surface area (TPSA) is 72.2 Å². The lowest BCUT2D eigenvalue weighted by atomic mass is 9.80. The number of hydrogen-bond donors (Lipinski definition) is 2. The van der Waals surface area contributed by atoms with Crippen LogP contribution in [0.1, 0.15) is 40.0 Å². The van der Waals surface area contributed by atoms with Crippen LogP contribution in [-0.2, 0) is 10.0 Å². The van der Waals surface area contributed by atoms with Crippen molar-refractivity contribution in [3.05, 3.63) is 0 Å². The molecule has 16 heavy (non-hydrogen) atoms. The Morgan fingerprint density at radius 1 is 1.38 bits per heavy atom. The first-order chi connectivity index (χ1) is 7.36. The highest BCUT2D eigenvalue weighted by Gasteiger charge is 2.30. The third-order valence-corrected chi connectivity index (χ3v) is 5.49. The van der Waals surface area contributed by atoms with Crippen molar-refractivity contribution in [3.8, 4) is 0 Å². The summed E-state index contributed by atoms with van der Waals surface area (Å²) in [7, 11) is -3.24. The minimum atomic E-state index is -3.24. The molecule has 3 N–H and O–H groups in total. The Hall–Kier alpha value is -0.130. The van der Waals surface area contributed by atoms with E-state index in [0.29, 0.717) is 11.8 Å². The average molecular weight is 248 g/mol. The third-order valence-electron chi connectivity index (χ3n) is 3.61. The van der Waals surface area contributed by atoms with E-state index in [1.165, 1.54) is 0 Å². The van der Waals surface area contributed by atoms with Crippen LogP contribution in [0, 0.1) is 11.8 Å². The number of nitrogens with one attached hydrogen (secondary N) is 1. The van der Waals surface area contributed by atoms with Gasteiger partial charge in [-0.2, -0.15) is 0 Å². The van der Waals surface area contributed by atoms with E-state index in [4.69, 9.17) is 5.73 Å². The molecule has 96 valence electrons. The molecule has 1 saturated carbocycles. The molecule has 0 heterocycles. The molecule has 5 heteroatoms. The van der Waals surface area contributed by atoms with Crippen molar-refractivity contribution in [1.82, 2.24) is 4.72 Å². The average Bonchev–Trinajstić information content (AvgIpc) is 2.21. The molecule has 0 aromatic heterocycles. The summed E-state index contributed by atoms with van der Waals surface area (Å²) in [5.41, 5.74) is 5.40. The number of nitrogens with two attached hydrogens (primary N) is 1. The predicted molar refractivity (Wildman–Crippen MR) is 66.5 cm³/mol. The molecule has 4 atom stereocenters. The first kappa shape index (κ1) is 13.9. The van der Waals surface area contributed by atoms with E-state index in [-0.39, 0.29) is 12.6 Å². The molecule has 0 aromatic carbocycles. The van der Waals surface area contributed by atoms with Crippen LogP contribution in [0.25, 0.3) is 0 Å². The van der Waals surface area contributed by atoms with Crippen LogP contribution < -0.4 is 10.5 Å². The summed E-state index contributed by atoms with van der Waals surface area (Å²) in [4.78, 5) is 0. The number of rotatable bonds is 4. The van der Waals surface area contributed by atoms with Gasteiger partial charge in [-0.05, 0) is 38.0 Å². The summed E-state index contributed by atoms with van der Waals surface area (Å²) in [5, 5.41) is -0.501. The van der Waals surface area contributed by atoms with Crippen molar-refractivity contribution in [2.24, 2.45) is 17.6 Å². The molecule has 0 saturated heterocycles. The lowest BCUT2D eigenvalue weighted by Gasteiger charge is -2.33. The second kappa shape index (κ2) is 5.47. The molecule has 0 bridgehead atoms. The van der Waals surface area contributed by atoms with Gasteiger partial charge in [0.05, 0.1) is 5.25 Å². The van der Waals surface area contributed by atoms with E-state index in [1.807, 2.05) is 0 Å². The van der Waals surface area contributed by atoms with E-state index < -0.39 is 15.3 Å². The van der Waals surface area contributed by atoms with E-state index in [9.17, 15) is 8.42 Å². The lowest BCUT2D eigenvalue weighted by Crippen LogP contribution is -2.47. The Bertz CT molecular complexity index is 316. The smallest absolute Gasteiger partial charge is 0.215 e. The Balaban J connectivity index is 2.60. The van der Waals surface area contributed by atoms with Gasteiger partial charge in [-0.1, -0.05) is 13.8 Å². The molecule has 1 aliphatic carbocycles. The fourth-order valence-corrected chi connectivity index (χ4v) is 3.55. The Morgan fingerprint density at radius 2 is 2.00 bits per heavy atom. The predicted octanol–water partition coefficient (Wildman–Crippen LogP) is 1.08. The number of sulfonamides is 1. The van der Waals surface area contributed by atoms with Crippen LogP contribution in [0.2, 0.25) is 0 Å². The summed E-state index contributed by atoms with van der Waals surface area (Å²) in [6.45, 7) is 6.17. The molecule has 4 nitrogen and oxygen atoms in total. The monoisotopic (exact) mass is 248 g/mol. The second-order valence-corrected chi connectivity index (χ2v) is 7.34. The molecular weight excluding hydrogens is 224 g/mol. The Morgan fingerprint density at radius 3 is 2.50 bits per heavy atom. The SMILES string of the molecule is CC1CCC(NS(=O)(=O)C(C)CN)C(C)C1. The fourth-order valence-electron chi connectivity index (χ4n) is 2.29. The first-order valence-corrected chi connectivity index (χ1v) is 7.62. The molecule has 0 aromatic rings. The highest BCUT2D eigenvalue weighted by atomic mass is 32.2. The number of hydrogen-bond acceptors (Lipinski definition) is 3. The molecular formula is C11H24N2O2S. The minimum absolute atomic E-state index is 0.0928. The van der Waals surface area contributed by atoms with Gasteiger partial charge >= 0.3 is 0 Å². The zero-order valence-electron chi connectivity index (χ0n) is 10.4. The van der Waals surface area contributed by atoms with Crippen molar-refractivity contribution in [3.63, 3.8) is 0 Å². The van der Waals surface area contributed by atoms with Crippen LogP contribution in [-0.4, -0.2) is 26.3 Å². The van der Waals surface area contributed by atoms with Gasteiger partial charge in [-0.25, -0.2) is 13.1 Å².